The van der Waals surface area contributed by atoms with Crippen LogP contribution in [0.15, 0.2) is 0 Å². The van der Waals surface area contributed by atoms with Crippen molar-refractivity contribution in [2.45, 2.75) is 37.3 Å². The number of β-lactam (4-membered cyclic amide) rings is 1. The molecule has 1 atom stereocenters. The number of amides is 1. The highest BCUT2D eigenvalue weighted by Gasteiger charge is 2.52. The molecular weight excluding hydrogens is 156 g/mol. The number of hydrogen-bond acceptors (Lipinski definition) is 3. The molecule has 1 heterocycles. The zero-order chi connectivity index (χ0) is 9.19. The molecule has 0 bridgehead atoms. The van der Waals surface area contributed by atoms with E-state index >= 15 is 0 Å². The lowest BCUT2D eigenvalue weighted by molar-refractivity contribution is -0.135. The Hall–Kier alpha value is -0.610. The lowest BCUT2D eigenvalue weighted by Gasteiger charge is -2.44. The van der Waals surface area contributed by atoms with Gasteiger partial charge < -0.3 is 16.2 Å². The molecule has 2 fully saturated rings. The highest BCUT2D eigenvalue weighted by molar-refractivity contribution is 5.91. The first-order valence-electron chi connectivity index (χ1n) is 4.27. The van der Waals surface area contributed by atoms with Crippen LogP contribution in [0.25, 0.3) is 0 Å². The lowest BCUT2D eigenvalue weighted by atomic mass is 9.81. The number of nitrogens with two attached hydrogens (primary N) is 1. The Labute approximate surface area is 72.1 Å². The molecule has 1 aliphatic carbocycles. The molecule has 1 aliphatic heterocycles. The number of rotatable bonds is 0. The summed E-state index contributed by atoms with van der Waals surface area (Å²) < 4.78 is 0. The van der Waals surface area contributed by atoms with Crippen molar-refractivity contribution >= 4 is 5.91 Å². The molecule has 1 spiro atoms. The van der Waals surface area contributed by atoms with Gasteiger partial charge >= 0.3 is 0 Å². The zero-order valence-electron chi connectivity index (χ0n) is 7.34. The van der Waals surface area contributed by atoms with Crippen LogP contribution >= 0.6 is 0 Å². The van der Waals surface area contributed by atoms with Gasteiger partial charge in [-0.05, 0) is 12.8 Å². The smallest absolute Gasteiger partial charge is 0.239 e. The number of hydrogen-bond donors (Lipinski definition) is 3. The number of carbonyl (C=O) groups excluding carboxylic acids is 1. The van der Waals surface area contributed by atoms with Crippen LogP contribution in [0, 0.1) is 0 Å². The van der Waals surface area contributed by atoms with E-state index in [1.807, 2.05) is 0 Å². The van der Waals surface area contributed by atoms with E-state index in [-0.39, 0.29) is 17.5 Å². The van der Waals surface area contributed by atoms with Gasteiger partial charge in [0, 0.05) is 7.11 Å². The molecule has 0 aromatic carbocycles. The molecule has 4 N–H and O–H groups in total. The Morgan fingerprint density at radius 2 is 2.00 bits per heavy atom. The largest absolute Gasteiger partial charge is 0.400 e. The third-order valence-corrected chi connectivity index (χ3v) is 2.75. The molecule has 4 heteroatoms. The zero-order valence-corrected chi connectivity index (χ0v) is 7.34. The van der Waals surface area contributed by atoms with Gasteiger partial charge in [-0.15, -0.1) is 0 Å². The van der Waals surface area contributed by atoms with Crippen molar-refractivity contribution in [3.05, 3.63) is 0 Å². The van der Waals surface area contributed by atoms with Gasteiger partial charge in [0.15, 0.2) is 0 Å². The van der Waals surface area contributed by atoms with Gasteiger partial charge in [-0.1, -0.05) is 12.8 Å². The van der Waals surface area contributed by atoms with Gasteiger partial charge in [0.05, 0.1) is 5.54 Å². The van der Waals surface area contributed by atoms with Gasteiger partial charge in [0.25, 0.3) is 0 Å². The highest BCUT2D eigenvalue weighted by Crippen LogP contribution is 2.36. The van der Waals surface area contributed by atoms with Gasteiger partial charge in [0.2, 0.25) is 5.91 Å². The molecule has 1 saturated carbocycles. The van der Waals surface area contributed by atoms with Crippen LogP contribution in [0.2, 0.25) is 0 Å². The second-order valence-corrected chi connectivity index (χ2v) is 3.33. The van der Waals surface area contributed by atoms with Crippen LogP contribution in [0.5, 0.6) is 0 Å². The van der Waals surface area contributed by atoms with E-state index < -0.39 is 0 Å². The Morgan fingerprint density at radius 3 is 2.33 bits per heavy atom. The maximum absolute atomic E-state index is 10.8. The van der Waals surface area contributed by atoms with Gasteiger partial charge in [-0.3, -0.25) is 4.79 Å². The van der Waals surface area contributed by atoms with Gasteiger partial charge in [-0.25, -0.2) is 0 Å². The number of aliphatic hydroxyl groups excluding tert-OH is 1. The van der Waals surface area contributed by atoms with E-state index in [0.717, 1.165) is 20.0 Å². The maximum atomic E-state index is 10.8. The molecule has 1 amide bonds. The SMILES string of the molecule is CO.NC1C(=O)NC12CCCC2. The molecule has 0 aromatic heterocycles. The third-order valence-electron chi connectivity index (χ3n) is 2.75. The Kier molecular flexibility index (Phi) is 2.69. The summed E-state index contributed by atoms with van der Waals surface area (Å²) in [5.41, 5.74) is 5.68. The molecule has 0 aromatic rings. The van der Waals surface area contributed by atoms with E-state index in [2.05, 4.69) is 5.32 Å². The highest BCUT2D eigenvalue weighted by atomic mass is 16.2. The summed E-state index contributed by atoms with van der Waals surface area (Å²) in [4.78, 5) is 10.8. The van der Waals surface area contributed by atoms with Crippen LogP contribution in [0.1, 0.15) is 25.7 Å². The minimum atomic E-state index is -0.213. The van der Waals surface area contributed by atoms with E-state index in [1.54, 1.807) is 0 Å². The molecule has 2 rings (SSSR count). The molecule has 0 radical (unpaired) electrons. The Balaban J connectivity index is 0.000000336. The fraction of sp³-hybridized carbons (Fsp3) is 0.875. The summed E-state index contributed by atoms with van der Waals surface area (Å²) in [6, 6.07) is -0.213. The van der Waals surface area contributed by atoms with Gasteiger partial charge in [-0.2, -0.15) is 0 Å². The fourth-order valence-electron chi connectivity index (χ4n) is 2.02. The standard InChI is InChI=1S/C7H12N2O.CH4O/c8-5-6(10)9-7(5)3-1-2-4-7;1-2/h5H,1-4,8H2,(H,9,10);2H,1H3. The molecular formula is C8H16N2O2. The predicted octanol–water partition coefficient (Wildman–Crippen LogP) is -0.635. The van der Waals surface area contributed by atoms with Crippen molar-refractivity contribution in [2.75, 3.05) is 7.11 Å². The van der Waals surface area contributed by atoms with Crippen LogP contribution in [0.3, 0.4) is 0 Å². The van der Waals surface area contributed by atoms with E-state index in [1.165, 1.54) is 12.8 Å². The summed E-state index contributed by atoms with van der Waals surface area (Å²) >= 11 is 0. The van der Waals surface area contributed by atoms with E-state index in [4.69, 9.17) is 10.8 Å². The third kappa shape index (κ3) is 1.21. The van der Waals surface area contributed by atoms with E-state index in [9.17, 15) is 4.79 Å². The summed E-state index contributed by atoms with van der Waals surface area (Å²) in [7, 11) is 1.00. The van der Waals surface area contributed by atoms with Gasteiger partial charge in [0.1, 0.15) is 6.04 Å². The number of nitrogens with one attached hydrogen (secondary N) is 1. The second-order valence-electron chi connectivity index (χ2n) is 3.33. The minimum Gasteiger partial charge on any atom is -0.400 e. The first kappa shape index (κ1) is 9.48. The van der Waals surface area contributed by atoms with Crippen molar-refractivity contribution in [3.8, 4) is 0 Å². The lowest BCUT2D eigenvalue weighted by Crippen LogP contribution is -2.75. The van der Waals surface area contributed by atoms with Crippen molar-refractivity contribution in [1.29, 1.82) is 0 Å². The minimum absolute atomic E-state index is 0.0249. The average Bonchev–Trinajstić information content (AvgIpc) is 2.59. The van der Waals surface area contributed by atoms with E-state index in [0.29, 0.717) is 0 Å². The number of aliphatic hydroxyl groups is 1. The van der Waals surface area contributed by atoms with Crippen molar-refractivity contribution in [1.82, 2.24) is 5.32 Å². The molecule has 1 saturated heterocycles. The first-order chi connectivity index (χ1) is 5.75. The first-order valence-corrected chi connectivity index (χ1v) is 4.27. The van der Waals surface area contributed by atoms with Crippen molar-refractivity contribution < 1.29 is 9.90 Å². The quantitative estimate of drug-likeness (QED) is 0.426. The fourth-order valence-corrected chi connectivity index (χ4v) is 2.02. The topological polar surface area (TPSA) is 75.3 Å². The molecule has 70 valence electrons. The maximum Gasteiger partial charge on any atom is 0.239 e. The second kappa shape index (κ2) is 3.41. The number of carbonyl (C=O) groups is 1. The van der Waals surface area contributed by atoms with Crippen molar-refractivity contribution in [3.63, 3.8) is 0 Å². The Bertz CT molecular complexity index is 176. The van der Waals surface area contributed by atoms with Crippen LogP contribution in [0.4, 0.5) is 0 Å². The molecule has 2 aliphatic rings. The van der Waals surface area contributed by atoms with Crippen LogP contribution in [-0.4, -0.2) is 29.7 Å². The molecule has 4 nitrogen and oxygen atoms in total. The summed E-state index contributed by atoms with van der Waals surface area (Å²) in [5, 5.41) is 9.90. The molecule has 12 heavy (non-hydrogen) atoms. The predicted molar refractivity (Wildman–Crippen MR) is 45.5 cm³/mol. The summed E-state index contributed by atoms with van der Waals surface area (Å²) in [6.45, 7) is 0. The Morgan fingerprint density at radius 1 is 1.50 bits per heavy atom. The van der Waals surface area contributed by atoms with Crippen molar-refractivity contribution in [2.24, 2.45) is 5.73 Å². The van der Waals surface area contributed by atoms with Crippen LogP contribution < -0.4 is 11.1 Å². The monoisotopic (exact) mass is 172 g/mol. The van der Waals surface area contributed by atoms with Crippen LogP contribution in [-0.2, 0) is 4.79 Å². The summed E-state index contributed by atoms with van der Waals surface area (Å²) in [6.07, 6.45) is 4.60. The summed E-state index contributed by atoms with van der Waals surface area (Å²) in [5.74, 6) is 0.0295. The average molecular weight is 172 g/mol. The molecule has 1 unspecified atom stereocenters. The normalized spacial score (nSPS) is 30.2.